The fourth-order valence-corrected chi connectivity index (χ4v) is 5.71. The van der Waals surface area contributed by atoms with E-state index in [0.717, 1.165) is 6.92 Å². The Balaban J connectivity index is -0.000000845. The molecule has 0 fully saturated rings. The zero-order valence-corrected chi connectivity index (χ0v) is 12.0. The van der Waals surface area contributed by atoms with Crippen LogP contribution < -0.4 is 18.9 Å². The van der Waals surface area contributed by atoms with E-state index >= 15 is 0 Å². The van der Waals surface area contributed by atoms with Crippen LogP contribution in [-0.2, 0) is 14.9 Å². The second-order valence-electron chi connectivity index (χ2n) is 4.75. The zero-order valence-electron chi connectivity index (χ0n) is 10.7. The van der Waals surface area contributed by atoms with Crippen LogP contribution in [0.4, 0.5) is 0 Å². The van der Waals surface area contributed by atoms with Crippen LogP contribution in [0.1, 0.15) is 29.1 Å². The van der Waals surface area contributed by atoms with Gasteiger partial charge in [0.1, 0.15) is 0 Å². The van der Waals surface area contributed by atoms with Crippen molar-refractivity contribution in [3.05, 3.63) is 0 Å². The monoisotopic (exact) mass is 248 g/mol. The molecule has 0 heterocycles. The summed E-state index contributed by atoms with van der Waals surface area (Å²) >= 11 is 0. The molecule has 5 nitrogen and oxygen atoms in total. The molecule has 15 heavy (non-hydrogen) atoms. The Bertz CT molecular complexity index is 339. The molecule has 0 spiro atoms. The number of carboxylic acids is 1. The summed E-state index contributed by atoms with van der Waals surface area (Å²) < 4.78 is 28.9. The molecule has 0 saturated carbocycles. The SMILES string of the molecule is CC(C)(C)[SiH2]C(C)(C(=O)O)S(=O)(=O)O.[H-].[Li+]. The largest absolute Gasteiger partial charge is 1.00 e. The molecule has 86 valence electrons. The Labute approximate surface area is 106 Å². The first kappa shape index (κ1) is 17.6. The first-order valence-corrected chi connectivity index (χ1v) is 6.96. The molecule has 0 aliphatic carbocycles. The van der Waals surface area contributed by atoms with Gasteiger partial charge in [-0.2, -0.15) is 8.42 Å². The summed E-state index contributed by atoms with van der Waals surface area (Å²) in [6.07, 6.45) is 0. The molecule has 0 aromatic heterocycles. The van der Waals surface area contributed by atoms with Crippen molar-refractivity contribution in [3.8, 4) is 0 Å². The van der Waals surface area contributed by atoms with Gasteiger partial charge >= 0.3 is 24.8 Å². The Morgan fingerprint density at radius 3 is 1.67 bits per heavy atom. The predicted molar refractivity (Wildman–Crippen MR) is 57.0 cm³/mol. The smallest absolute Gasteiger partial charge is 1.00 e. The molecule has 2 N–H and O–H groups in total. The maximum absolute atomic E-state index is 11.0. The van der Waals surface area contributed by atoms with Crippen LogP contribution in [0.5, 0.6) is 0 Å². The number of carbonyl (C=O) groups is 1. The van der Waals surface area contributed by atoms with Crippen LogP contribution in [0, 0.1) is 0 Å². The van der Waals surface area contributed by atoms with Gasteiger partial charge in [-0.1, -0.05) is 20.8 Å². The van der Waals surface area contributed by atoms with E-state index in [4.69, 9.17) is 9.66 Å². The minimum Gasteiger partial charge on any atom is -1.00 e. The van der Waals surface area contributed by atoms with Gasteiger partial charge in [-0.3, -0.25) is 9.35 Å². The van der Waals surface area contributed by atoms with Crippen LogP contribution in [0.3, 0.4) is 0 Å². The first-order valence-electron chi connectivity index (χ1n) is 4.10. The fraction of sp³-hybridized carbons (Fsp3) is 0.857. The van der Waals surface area contributed by atoms with Crippen molar-refractivity contribution in [2.75, 3.05) is 0 Å². The van der Waals surface area contributed by atoms with Gasteiger partial charge in [0.15, 0.2) is 4.37 Å². The van der Waals surface area contributed by atoms with Crippen LogP contribution in [0.25, 0.3) is 0 Å². The van der Waals surface area contributed by atoms with Gasteiger partial charge in [0, 0.05) is 0 Å². The van der Waals surface area contributed by atoms with E-state index in [-0.39, 0.29) is 25.3 Å². The summed E-state index contributed by atoms with van der Waals surface area (Å²) in [6.45, 7) is 6.38. The van der Waals surface area contributed by atoms with E-state index in [0.29, 0.717) is 0 Å². The average Bonchev–Trinajstić information content (AvgIpc) is 1.79. The molecule has 1 atom stereocenters. The Kier molecular flexibility index (Phi) is 5.88. The summed E-state index contributed by atoms with van der Waals surface area (Å²) in [5.41, 5.74) is 0. The van der Waals surface area contributed by atoms with E-state index in [2.05, 4.69) is 0 Å². The van der Waals surface area contributed by atoms with Gasteiger partial charge in [-0.05, 0) is 12.0 Å². The molecule has 8 heteroatoms. The Morgan fingerprint density at radius 2 is 1.60 bits per heavy atom. The maximum Gasteiger partial charge on any atom is 1.00 e. The molecule has 0 saturated heterocycles. The summed E-state index contributed by atoms with van der Waals surface area (Å²) in [7, 11) is -6.06. The molecule has 0 aliphatic rings. The van der Waals surface area contributed by atoms with E-state index in [9.17, 15) is 13.2 Å². The van der Waals surface area contributed by atoms with Gasteiger partial charge in [0.25, 0.3) is 10.1 Å². The van der Waals surface area contributed by atoms with Gasteiger partial charge in [0.2, 0.25) is 0 Å². The standard InChI is InChI=1S/C7H16O5SSi.Li.H/c1-6(2,3)14-7(4,5(8)9)13(10,11)12;;/h14H2,1-4H3,(H,8,9)(H,10,11,12);;/q;+1;-1. The second kappa shape index (κ2) is 5.02. The van der Waals surface area contributed by atoms with Crippen molar-refractivity contribution >= 4 is 25.6 Å². The molecule has 0 amide bonds. The molecule has 0 aromatic carbocycles. The van der Waals surface area contributed by atoms with Crippen LogP contribution in [0.15, 0.2) is 0 Å². The molecule has 1 unspecified atom stereocenters. The summed E-state index contributed by atoms with van der Waals surface area (Å²) in [5, 5.41) is 8.47. The Hall–Kier alpha value is 0.194. The molecule has 0 radical (unpaired) electrons. The third kappa shape index (κ3) is 4.70. The summed E-state index contributed by atoms with van der Waals surface area (Å²) in [4.78, 5) is 10.8. The molecule has 0 aromatic rings. The molecule has 0 rings (SSSR count). The molecule has 0 bridgehead atoms. The number of hydrogen-bond acceptors (Lipinski definition) is 3. The Morgan fingerprint density at radius 1 is 1.27 bits per heavy atom. The summed E-state index contributed by atoms with van der Waals surface area (Å²) in [6, 6.07) is 0. The van der Waals surface area contributed by atoms with E-state index in [1.165, 1.54) is 0 Å². The quantitative estimate of drug-likeness (QED) is 0.415. The van der Waals surface area contributed by atoms with Gasteiger partial charge in [0.05, 0.1) is 9.52 Å². The normalized spacial score (nSPS) is 17.1. The number of aliphatic carboxylic acids is 1. The van der Waals surface area contributed by atoms with E-state index in [1.807, 2.05) is 0 Å². The molecular weight excluding hydrogens is 231 g/mol. The zero-order chi connectivity index (χ0) is 11.8. The van der Waals surface area contributed by atoms with Crippen LogP contribution >= 0.6 is 0 Å². The average molecular weight is 248 g/mol. The van der Waals surface area contributed by atoms with Crippen molar-refractivity contribution < 1.29 is 43.2 Å². The minimum atomic E-state index is -4.53. The van der Waals surface area contributed by atoms with E-state index in [1.54, 1.807) is 20.8 Å². The molecular formula is C7H17LiO5SSi. The van der Waals surface area contributed by atoms with Crippen molar-refractivity contribution in [2.24, 2.45) is 0 Å². The third-order valence-corrected chi connectivity index (χ3v) is 6.77. The fourth-order valence-electron chi connectivity index (χ4n) is 1.29. The minimum absolute atomic E-state index is 0. The molecule has 0 aliphatic heterocycles. The third-order valence-electron chi connectivity index (χ3n) is 1.89. The van der Waals surface area contributed by atoms with E-state index < -0.39 is 30.0 Å². The van der Waals surface area contributed by atoms with Crippen LogP contribution in [-0.4, -0.2) is 37.9 Å². The van der Waals surface area contributed by atoms with Gasteiger partial charge in [-0.25, -0.2) is 0 Å². The summed E-state index contributed by atoms with van der Waals surface area (Å²) in [5.74, 6) is -1.47. The van der Waals surface area contributed by atoms with Gasteiger partial charge in [-0.15, -0.1) is 0 Å². The van der Waals surface area contributed by atoms with Crippen molar-refractivity contribution in [1.29, 1.82) is 0 Å². The van der Waals surface area contributed by atoms with Crippen molar-refractivity contribution in [1.82, 2.24) is 0 Å². The first-order chi connectivity index (χ1) is 5.90. The number of carboxylic acid groups (broad SMARTS) is 1. The number of rotatable bonds is 3. The second-order valence-corrected chi connectivity index (χ2v) is 11.0. The predicted octanol–water partition coefficient (Wildman–Crippen LogP) is -2.82. The van der Waals surface area contributed by atoms with Crippen molar-refractivity contribution in [2.45, 2.75) is 37.1 Å². The van der Waals surface area contributed by atoms with Gasteiger partial charge < -0.3 is 6.53 Å². The topological polar surface area (TPSA) is 91.7 Å². The van der Waals surface area contributed by atoms with Crippen molar-refractivity contribution in [3.63, 3.8) is 0 Å². The maximum atomic E-state index is 11.0. The number of hydrogen-bond donors (Lipinski definition) is 2. The van der Waals surface area contributed by atoms with Crippen LogP contribution in [0.2, 0.25) is 5.04 Å².